The second kappa shape index (κ2) is 6.14. The van der Waals surface area contributed by atoms with Gasteiger partial charge in [-0.1, -0.05) is 26.2 Å². The molecular weight excluding hydrogens is 260 g/mol. The number of aryl methyl sites for hydroxylation is 2. The third kappa shape index (κ3) is 2.95. The molecule has 21 heavy (non-hydrogen) atoms. The summed E-state index contributed by atoms with van der Waals surface area (Å²) in [6.07, 6.45) is 8.75. The Bertz CT molecular complexity index is 617. The van der Waals surface area contributed by atoms with Gasteiger partial charge >= 0.3 is 0 Å². The number of hydrogen-bond donors (Lipinski definition) is 1. The Morgan fingerprint density at radius 1 is 1.33 bits per heavy atom. The van der Waals surface area contributed by atoms with Gasteiger partial charge < -0.3 is 5.32 Å². The van der Waals surface area contributed by atoms with Crippen molar-refractivity contribution in [3.8, 4) is 0 Å². The lowest BCUT2D eigenvalue weighted by molar-refractivity contribution is 0.254. The van der Waals surface area contributed by atoms with Crippen LogP contribution in [0.15, 0.2) is 12.3 Å². The highest BCUT2D eigenvalue weighted by Gasteiger charge is 2.22. The van der Waals surface area contributed by atoms with Crippen LogP contribution < -0.4 is 5.32 Å². The van der Waals surface area contributed by atoms with Crippen LogP contribution in [0.25, 0.3) is 11.0 Å². The number of nitrogens with one attached hydrogen (secondary N) is 1. The minimum atomic E-state index is 0.675. The molecule has 1 N–H and O–H groups in total. The summed E-state index contributed by atoms with van der Waals surface area (Å²) in [4.78, 5) is 4.56. The van der Waals surface area contributed by atoms with Gasteiger partial charge in [0.2, 0.25) is 0 Å². The van der Waals surface area contributed by atoms with Crippen molar-refractivity contribution < 1.29 is 0 Å². The van der Waals surface area contributed by atoms with Gasteiger partial charge in [0.25, 0.3) is 0 Å². The summed E-state index contributed by atoms with van der Waals surface area (Å²) < 4.78 is 1.86. The predicted octanol–water partition coefficient (Wildman–Crippen LogP) is 3.34. The van der Waals surface area contributed by atoms with E-state index in [1.807, 2.05) is 17.9 Å². The SMILES string of the molecule is CCC1CCCCC1NCc1cnc2c(c1)c(C)nn2C. The van der Waals surface area contributed by atoms with E-state index in [1.165, 1.54) is 43.1 Å². The Morgan fingerprint density at radius 2 is 2.14 bits per heavy atom. The monoisotopic (exact) mass is 286 g/mol. The van der Waals surface area contributed by atoms with Crippen LogP contribution in [-0.2, 0) is 13.6 Å². The summed E-state index contributed by atoms with van der Waals surface area (Å²) in [6.45, 7) is 5.28. The van der Waals surface area contributed by atoms with Gasteiger partial charge in [0, 0.05) is 31.2 Å². The van der Waals surface area contributed by atoms with Crippen LogP contribution in [0.5, 0.6) is 0 Å². The van der Waals surface area contributed by atoms with Crippen LogP contribution >= 0.6 is 0 Å². The zero-order chi connectivity index (χ0) is 14.8. The fraction of sp³-hybridized carbons (Fsp3) is 0.647. The van der Waals surface area contributed by atoms with Crippen molar-refractivity contribution in [2.45, 2.75) is 58.5 Å². The first kappa shape index (κ1) is 14.5. The fourth-order valence-electron chi connectivity index (χ4n) is 3.66. The van der Waals surface area contributed by atoms with E-state index in [9.17, 15) is 0 Å². The molecule has 2 heterocycles. The maximum atomic E-state index is 4.56. The van der Waals surface area contributed by atoms with Crippen LogP contribution in [0.1, 0.15) is 50.3 Å². The van der Waals surface area contributed by atoms with Gasteiger partial charge in [-0.05, 0) is 37.3 Å². The van der Waals surface area contributed by atoms with E-state index in [-0.39, 0.29) is 0 Å². The van der Waals surface area contributed by atoms with Gasteiger partial charge in [-0.15, -0.1) is 0 Å². The quantitative estimate of drug-likeness (QED) is 0.937. The van der Waals surface area contributed by atoms with Crippen LogP contribution in [0, 0.1) is 12.8 Å². The molecule has 1 saturated carbocycles. The molecule has 4 heteroatoms. The number of aromatic nitrogens is 3. The summed E-state index contributed by atoms with van der Waals surface area (Å²) in [5.74, 6) is 0.843. The minimum Gasteiger partial charge on any atom is -0.310 e. The second-order valence-electron chi connectivity index (χ2n) is 6.36. The van der Waals surface area contributed by atoms with E-state index in [2.05, 4.69) is 35.3 Å². The average molecular weight is 286 g/mol. The standard InChI is InChI=1S/C17H26N4/c1-4-14-7-5-6-8-16(14)18-10-13-9-15-12(2)20-21(3)17(15)19-11-13/h9,11,14,16,18H,4-8,10H2,1-3H3. The Morgan fingerprint density at radius 3 is 2.95 bits per heavy atom. The normalized spacial score (nSPS) is 22.8. The molecule has 2 aromatic rings. The lowest BCUT2D eigenvalue weighted by Gasteiger charge is -2.31. The van der Waals surface area contributed by atoms with Crippen molar-refractivity contribution in [2.24, 2.45) is 13.0 Å². The molecule has 0 bridgehead atoms. The maximum absolute atomic E-state index is 4.56. The van der Waals surface area contributed by atoms with Crippen molar-refractivity contribution in [3.63, 3.8) is 0 Å². The second-order valence-corrected chi connectivity index (χ2v) is 6.36. The third-order valence-electron chi connectivity index (χ3n) is 4.92. The summed E-state index contributed by atoms with van der Waals surface area (Å²) >= 11 is 0. The smallest absolute Gasteiger partial charge is 0.157 e. The fourth-order valence-corrected chi connectivity index (χ4v) is 3.66. The third-order valence-corrected chi connectivity index (χ3v) is 4.92. The maximum Gasteiger partial charge on any atom is 0.157 e. The van der Waals surface area contributed by atoms with Crippen molar-refractivity contribution in [1.29, 1.82) is 0 Å². The van der Waals surface area contributed by atoms with Gasteiger partial charge in [-0.25, -0.2) is 4.98 Å². The number of hydrogen-bond acceptors (Lipinski definition) is 3. The predicted molar refractivity (Wildman–Crippen MR) is 86.1 cm³/mol. The molecule has 1 fully saturated rings. The Hall–Kier alpha value is -1.42. The van der Waals surface area contributed by atoms with E-state index in [1.54, 1.807) is 0 Å². The first-order valence-electron chi connectivity index (χ1n) is 8.20. The van der Waals surface area contributed by atoms with Gasteiger partial charge in [0.05, 0.1) is 5.69 Å². The van der Waals surface area contributed by atoms with Crippen LogP contribution in [-0.4, -0.2) is 20.8 Å². The molecule has 3 rings (SSSR count). The van der Waals surface area contributed by atoms with Crippen molar-refractivity contribution in [1.82, 2.24) is 20.1 Å². The minimum absolute atomic E-state index is 0.675. The molecule has 1 aliphatic carbocycles. The van der Waals surface area contributed by atoms with E-state index < -0.39 is 0 Å². The molecule has 0 amide bonds. The number of rotatable bonds is 4. The van der Waals surface area contributed by atoms with E-state index in [4.69, 9.17) is 0 Å². The molecule has 4 nitrogen and oxygen atoms in total. The number of pyridine rings is 1. The molecule has 2 aromatic heterocycles. The van der Waals surface area contributed by atoms with Gasteiger partial charge in [-0.2, -0.15) is 5.10 Å². The molecular formula is C17H26N4. The molecule has 0 spiro atoms. The molecule has 2 unspecified atom stereocenters. The average Bonchev–Trinajstić information content (AvgIpc) is 2.80. The molecule has 114 valence electrons. The van der Waals surface area contributed by atoms with E-state index in [0.29, 0.717) is 6.04 Å². The summed E-state index contributed by atoms with van der Waals surface area (Å²) in [7, 11) is 1.95. The summed E-state index contributed by atoms with van der Waals surface area (Å²) in [6, 6.07) is 2.91. The number of nitrogens with zero attached hydrogens (tertiary/aromatic N) is 3. The lowest BCUT2D eigenvalue weighted by Crippen LogP contribution is -2.37. The van der Waals surface area contributed by atoms with E-state index in [0.717, 1.165) is 23.8 Å². The van der Waals surface area contributed by atoms with Crippen LogP contribution in [0.2, 0.25) is 0 Å². The topological polar surface area (TPSA) is 42.7 Å². The zero-order valence-corrected chi connectivity index (χ0v) is 13.4. The highest BCUT2D eigenvalue weighted by atomic mass is 15.3. The molecule has 0 aromatic carbocycles. The molecule has 2 atom stereocenters. The van der Waals surface area contributed by atoms with Crippen molar-refractivity contribution >= 4 is 11.0 Å². The van der Waals surface area contributed by atoms with Gasteiger partial charge in [0.15, 0.2) is 5.65 Å². The summed E-state index contributed by atoms with van der Waals surface area (Å²) in [5.41, 5.74) is 3.30. The zero-order valence-electron chi connectivity index (χ0n) is 13.4. The first-order valence-corrected chi connectivity index (χ1v) is 8.20. The van der Waals surface area contributed by atoms with Gasteiger partial charge in [-0.3, -0.25) is 4.68 Å². The first-order chi connectivity index (χ1) is 10.2. The Kier molecular flexibility index (Phi) is 4.24. The van der Waals surface area contributed by atoms with Crippen LogP contribution in [0.3, 0.4) is 0 Å². The van der Waals surface area contributed by atoms with E-state index >= 15 is 0 Å². The van der Waals surface area contributed by atoms with Crippen LogP contribution in [0.4, 0.5) is 0 Å². The summed E-state index contributed by atoms with van der Waals surface area (Å²) in [5, 5.41) is 9.38. The largest absolute Gasteiger partial charge is 0.310 e. The Balaban J connectivity index is 1.71. The molecule has 0 aliphatic heterocycles. The van der Waals surface area contributed by atoms with Crippen molar-refractivity contribution in [2.75, 3.05) is 0 Å². The van der Waals surface area contributed by atoms with Crippen molar-refractivity contribution in [3.05, 3.63) is 23.5 Å². The van der Waals surface area contributed by atoms with Gasteiger partial charge in [0.1, 0.15) is 0 Å². The molecule has 0 radical (unpaired) electrons. The highest BCUT2D eigenvalue weighted by Crippen LogP contribution is 2.27. The highest BCUT2D eigenvalue weighted by molar-refractivity contribution is 5.78. The lowest BCUT2D eigenvalue weighted by atomic mass is 9.83. The number of fused-ring (bicyclic) bond motifs is 1. The Labute approximate surface area is 126 Å². The molecule has 1 aliphatic rings. The molecule has 0 saturated heterocycles.